The Bertz CT molecular complexity index is 1240. The van der Waals surface area contributed by atoms with Crippen molar-refractivity contribution >= 4 is 23.4 Å². The van der Waals surface area contributed by atoms with Gasteiger partial charge in [0, 0.05) is 41.4 Å². The van der Waals surface area contributed by atoms with E-state index in [9.17, 15) is 9.59 Å². The molecule has 0 unspecified atom stereocenters. The average molecular weight is 508 g/mol. The highest BCUT2D eigenvalue weighted by atomic mass is 16.5. The summed E-state index contributed by atoms with van der Waals surface area (Å²) in [6, 6.07) is 14.2. The van der Waals surface area contributed by atoms with Crippen LogP contribution in [0.1, 0.15) is 45.9 Å². The number of nitrogens with one attached hydrogen (secondary N) is 2. The third-order valence-corrected chi connectivity index (χ3v) is 5.89. The first kappa shape index (κ1) is 27.6. The molecule has 9 heteroatoms. The number of carbonyl (C=O) groups is 2. The minimum absolute atomic E-state index is 0.144. The van der Waals surface area contributed by atoms with E-state index in [0.717, 1.165) is 16.9 Å². The molecule has 1 heterocycles. The molecule has 1 aromatic heterocycles. The van der Waals surface area contributed by atoms with Crippen molar-refractivity contribution in [3.63, 3.8) is 0 Å². The van der Waals surface area contributed by atoms with E-state index in [-0.39, 0.29) is 23.9 Å². The summed E-state index contributed by atoms with van der Waals surface area (Å²) >= 11 is 0. The number of benzene rings is 2. The number of anilines is 2. The Morgan fingerprint density at radius 3 is 2.16 bits per heavy atom. The van der Waals surface area contributed by atoms with Gasteiger partial charge in [-0.25, -0.2) is 9.48 Å². The number of hydrogen-bond acceptors (Lipinski definition) is 5. The topological polar surface area (TPSA) is 97.7 Å². The molecule has 198 valence electrons. The fourth-order valence-corrected chi connectivity index (χ4v) is 3.72. The lowest BCUT2D eigenvalue weighted by Gasteiger charge is -2.26. The molecule has 2 aromatic carbocycles. The van der Waals surface area contributed by atoms with Gasteiger partial charge in [0.05, 0.1) is 25.6 Å². The van der Waals surface area contributed by atoms with Crippen molar-refractivity contribution in [2.45, 2.75) is 53.0 Å². The average Bonchev–Trinajstić information content (AvgIpc) is 3.26. The van der Waals surface area contributed by atoms with Gasteiger partial charge in [-0.3, -0.25) is 4.79 Å². The predicted octanol–water partition coefficient (Wildman–Crippen LogP) is 5.38. The van der Waals surface area contributed by atoms with Crippen LogP contribution in [0.25, 0.3) is 5.69 Å². The first-order valence-corrected chi connectivity index (χ1v) is 12.2. The maximum atomic E-state index is 13.2. The summed E-state index contributed by atoms with van der Waals surface area (Å²) in [6.45, 7) is 11.8. The maximum Gasteiger partial charge on any atom is 0.322 e. The molecule has 0 aliphatic carbocycles. The lowest BCUT2D eigenvalue weighted by Crippen LogP contribution is -2.44. The van der Waals surface area contributed by atoms with Gasteiger partial charge >= 0.3 is 6.03 Å². The van der Waals surface area contributed by atoms with Gasteiger partial charge in [-0.05, 0) is 32.4 Å². The molecule has 2 N–H and O–H groups in total. The zero-order valence-corrected chi connectivity index (χ0v) is 22.9. The summed E-state index contributed by atoms with van der Waals surface area (Å²) in [4.78, 5) is 27.8. The molecule has 3 rings (SSSR count). The van der Waals surface area contributed by atoms with Crippen LogP contribution >= 0.6 is 0 Å². The zero-order valence-electron chi connectivity index (χ0n) is 22.9. The Morgan fingerprint density at radius 1 is 1.00 bits per heavy atom. The molecule has 0 atom stereocenters. The molecule has 0 saturated heterocycles. The Kier molecular flexibility index (Phi) is 8.47. The highest BCUT2D eigenvalue weighted by Crippen LogP contribution is 2.28. The molecule has 0 aliphatic heterocycles. The van der Waals surface area contributed by atoms with E-state index in [1.807, 2.05) is 51.1 Å². The summed E-state index contributed by atoms with van der Waals surface area (Å²) in [5, 5.41) is 10.6. The number of nitrogens with zero attached hydrogens (tertiary/aromatic N) is 3. The van der Waals surface area contributed by atoms with Crippen LogP contribution in [0.4, 0.5) is 16.3 Å². The molecule has 9 nitrogen and oxygen atoms in total. The fraction of sp³-hybridized carbons (Fsp3) is 0.393. The lowest BCUT2D eigenvalue weighted by atomic mass is 9.92. The molecule has 0 saturated carbocycles. The largest absolute Gasteiger partial charge is 0.497 e. The number of aryl methyl sites for hydroxylation is 1. The van der Waals surface area contributed by atoms with Crippen LogP contribution in [0.3, 0.4) is 0 Å². The zero-order chi connectivity index (χ0) is 27.3. The van der Waals surface area contributed by atoms with Crippen molar-refractivity contribution < 1.29 is 19.1 Å². The molecule has 0 radical (unpaired) electrons. The number of para-hydroxylation sites is 1. The summed E-state index contributed by atoms with van der Waals surface area (Å²) in [6.07, 6.45) is 0. The van der Waals surface area contributed by atoms with Gasteiger partial charge in [-0.15, -0.1) is 0 Å². The van der Waals surface area contributed by atoms with Gasteiger partial charge in [0.2, 0.25) is 5.91 Å². The van der Waals surface area contributed by atoms with E-state index in [4.69, 9.17) is 14.6 Å². The van der Waals surface area contributed by atoms with Gasteiger partial charge in [-0.1, -0.05) is 39.0 Å². The van der Waals surface area contributed by atoms with Crippen LogP contribution in [0, 0.1) is 6.92 Å². The third-order valence-electron chi connectivity index (χ3n) is 5.89. The van der Waals surface area contributed by atoms with Crippen LogP contribution in [-0.2, 0) is 10.2 Å². The van der Waals surface area contributed by atoms with Crippen molar-refractivity contribution in [1.82, 2.24) is 14.7 Å². The minimum Gasteiger partial charge on any atom is -0.497 e. The van der Waals surface area contributed by atoms with E-state index < -0.39 is 6.03 Å². The quantitative estimate of drug-likeness (QED) is 0.427. The van der Waals surface area contributed by atoms with Gasteiger partial charge in [0.1, 0.15) is 23.9 Å². The molecule has 3 aromatic rings. The smallest absolute Gasteiger partial charge is 0.322 e. The summed E-state index contributed by atoms with van der Waals surface area (Å²) in [5.74, 6) is 1.30. The van der Waals surface area contributed by atoms with E-state index >= 15 is 0 Å². The highest BCUT2D eigenvalue weighted by molar-refractivity contribution is 5.97. The molecule has 0 aliphatic rings. The lowest BCUT2D eigenvalue weighted by molar-refractivity contribution is -0.117. The van der Waals surface area contributed by atoms with Crippen molar-refractivity contribution in [3.8, 4) is 17.2 Å². The standard InChI is InChI=1S/C28H37N5O4/c1-18(2)32(27(35)29-20-13-21(36-7)15-22(14-20)37-8)17-26(34)30-25-16-24(28(4,5)6)31-33(25)23-12-10-9-11-19(23)3/h9-16,18H,17H2,1-8H3,(H,29,35)(H,30,34). The molecule has 0 spiro atoms. The number of rotatable bonds is 8. The van der Waals surface area contributed by atoms with Crippen LogP contribution in [0.2, 0.25) is 0 Å². The summed E-state index contributed by atoms with van der Waals surface area (Å²) in [5.41, 5.74) is 3.03. The predicted molar refractivity (Wildman–Crippen MR) is 146 cm³/mol. The van der Waals surface area contributed by atoms with E-state index in [0.29, 0.717) is 23.0 Å². The van der Waals surface area contributed by atoms with E-state index in [1.165, 1.54) is 19.1 Å². The Balaban J connectivity index is 1.83. The van der Waals surface area contributed by atoms with Crippen molar-refractivity contribution in [3.05, 3.63) is 59.8 Å². The molecule has 0 bridgehead atoms. The first-order valence-electron chi connectivity index (χ1n) is 12.2. The van der Waals surface area contributed by atoms with Crippen LogP contribution in [-0.4, -0.2) is 53.4 Å². The number of aromatic nitrogens is 2. The Labute approximate surface area is 218 Å². The van der Waals surface area contributed by atoms with E-state index in [2.05, 4.69) is 31.4 Å². The molecule has 37 heavy (non-hydrogen) atoms. The first-order chi connectivity index (χ1) is 17.4. The molecular weight excluding hydrogens is 470 g/mol. The monoisotopic (exact) mass is 507 g/mol. The van der Waals surface area contributed by atoms with Crippen LogP contribution < -0.4 is 20.1 Å². The molecule has 0 fully saturated rings. The van der Waals surface area contributed by atoms with Gasteiger partial charge in [0.25, 0.3) is 0 Å². The number of urea groups is 1. The number of amides is 3. The Morgan fingerprint density at radius 2 is 1.62 bits per heavy atom. The van der Waals surface area contributed by atoms with Crippen molar-refractivity contribution in [1.29, 1.82) is 0 Å². The number of hydrogen-bond donors (Lipinski definition) is 2. The number of carbonyl (C=O) groups excluding carboxylic acids is 2. The number of methoxy groups -OCH3 is 2. The fourth-order valence-electron chi connectivity index (χ4n) is 3.72. The highest BCUT2D eigenvalue weighted by Gasteiger charge is 2.25. The number of ether oxygens (including phenoxy) is 2. The maximum absolute atomic E-state index is 13.2. The van der Waals surface area contributed by atoms with Crippen LogP contribution in [0.5, 0.6) is 11.5 Å². The third kappa shape index (κ3) is 6.81. The second-order valence-corrected chi connectivity index (χ2v) is 10.2. The minimum atomic E-state index is -0.414. The summed E-state index contributed by atoms with van der Waals surface area (Å²) in [7, 11) is 3.08. The summed E-state index contributed by atoms with van der Waals surface area (Å²) < 4.78 is 12.3. The normalized spacial score (nSPS) is 11.3. The second-order valence-electron chi connectivity index (χ2n) is 10.2. The van der Waals surface area contributed by atoms with Gasteiger partial charge in [0.15, 0.2) is 0 Å². The van der Waals surface area contributed by atoms with Crippen LogP contribution in [0.15, 0.2) is 48.5 Å². The molecule has 3 amide bonds. The molecular formula is C28H37N5O4. The van der Waals surface area contributed by atoms with Crippen molar-refractivity contribution in [2.24, 2.45) is 0 Å². The second kappa shape index (κ2) is 11.4. The van der Waals surface area contributed by atoms with Gasteiger partial charge < -0.3 is 25.0 Å². The van der Waals surface area contributed by atoms with Crippen molar-refractivity contribution in [2.75, 3.05) is 31.4 Å². The SMILES string of the molecule is COc1cc(NC(=O)N(CC(=O)Nc2cc(C(C)(C)C)nn2-c2ccccc2C)C(C)C)cc(OC)c1. The van der Waals surface area contributed by atoms with Gasteiger partial charge in [-0.2, -0.15) is 5.10 Å². The Hall–Kier alpha value is -4.01. The van der Waals surface area contributed by atoms with E-state index in [1.54, 1.807) is 22.9 Å².